The van der Waals surface area contributed by atoms with Gasteiger partial charge in [0.05, 0.1) is 5.92 Å². The van der Waals surface area contributed by atoms with Crippen molar-refractivity contribution in [3.05, 3.63) is 77.6 Å². The lowest BCUT2D eigenvalue weighted by atomic mass is 9.68. The van der Waals surface area contributed by atoms with E-state index in [2.05, 4.69) is 35.6 Å². The van der Waals surface area contributed by atoms with Gasteiger partial charge in [0, 0.05) is 12.1 Å². The van der Waals surface area contributed by atoms with Gasteiger partial charge in [0.2, 0.25) is 0 Å². The molecule has 0 aromatic heterocycles. The SMILES string of the molecule is C=CCCc1ccc(C2CCC(C3CCC(C(F)(F)Oc4cc(F)c(F)c(F)c4)CC3)CC2)cc1. The van der Waals surface area contributed by atoms with E-state index in [-0.39, 0.29) is 0 Å². The van der Waals surface area contributed by atoms with Crippen LogP contribution in [0.1, 0.15) is 74.8 Å². The Hall–Kier alpha value is -2.37. The molecular weight excluding hydrogens is 459 g/mol. The van der Waals surface area contributed by atoms with Crippen LogP contribution in [0, 0.1) is 35.2 Å². The average Bonchev–Trinajstić information content (AvgIpc) is 2.86. The molecule has 0 amide bonds. The molecule has 0 bridgehead atoms. The van der Waals surface area contributed by atoms with Crippen LogP contribution in [0.3, 0.4) is 0 Å². The number of hydrogen-bond donors (Lipinski definition) is 0. The van der Waals surface area contributed by atoms with Crippen LogP contribution in [-0.2, 0) is 6.42 Å². The van der Waals surface area contributed by atoms with E-state index >= 15 is 0 Å². The van der Waals surface area contributed by atoms with Crippen LogP contribution in [0.5, 0.6) is 5.75 Å². The lowest BCUT2D eigenvalue weighted by molar-refractivity contribution is -0.224. The number of allylic oxidation sites excluding steroid dienone is 1. The summed E-state index contributed by atoms with van der Waals surface area (Å²) in [5.41, 5.74) is 2.72. The highest BCUT2D eigenvalue weighted by atomic mass is 19.3. The number of aryl methyl sites for hydroxylation is 1. The van der Waals surface area contributed by atoms with Gasteiger partial charge in [-0.15, -0.1) is 6.58 Å². The second-order valence-corrected chi connectivity index (χ2v) is 10.2. The van der Waals surface area contributed by atoms with Gasteiger partial charge in [0.25, 0.3) is 0 Å². The van der Waals surface area contributed by atoms with Gasteiger partial charge in [0.15, 0.2) is 17.5 Å². The molecule has 2 aliphatic rings. The first-order valence-corrected chi connectivity index (χ1v) is 12.7. The number of alkyl halides is 2. The Kier molecular flexibility index (Phi) is 8.18. The van der Waals surface area contributed by atoms with Crippen molar-refractivity contribution in [2.45, 2.75) is 76.2 Å². The fourth-order valence-corrected chi connectivity index (χ4v) is 5.91. The first-order chi connectivity index (χ1) is 16.8. The Morgan fingerprint density at radius 1 is 0.829 bits per heavy atom. The van der Waals surface area contributed by atoms with Crippen molar-refractivity contribution in [3.8, 4) is 5.75 Å². The van der Waals surface area contributed by atoms with Gasteiger partial charge in [0.1, 0.15) is 5.75 Å². The minimum atomic E-state index is -3.56. The van der Waals surface area contributed by atoms with E-state index in [9.17, 15) is 22.0 Å². The molecule has 2 saturated carbocycles. The summed E-state index contributed by atoms with van der Waals surface area (Å²) < 4.78 is 73.9. The molecule has 4 rings (SSSR count). The molecule has 0 radical (unpaired) electrons. The molecule has 190 valence electrons. The first-order valence-electron chi connectivity index (χ1n) is 12.7. The molecule has 0 spiro atoms. The van der Waals surface area contributed by atoms with Gasteiger partial charge in [-0.1, -0.05) is 30.3 Å². The highest BCUT2D eigenvalue weighted by Gasteiger charge is 2.45. The summed E-state index contributed by atoms with van der Waals surface area (Å²) in [6.07, 6.45) is 6.84. The van der Waals surface area contributed by atoms with Crippen LogP contribution in [0.2, 0.25) is 0 Å². The van der Waals surface area contributed by atoms with E-state index in [1.807, 2.05) is 6.08 Å². The Labute approximate surface area is 204 Å². The summed E-state index contributed by atoms with van der Waals surface area (Å²) in [5, 5.41) is 0. The molecule has 0 atom stereocenters. The maximum Gasteiger partial charge on any atom is 0.400 e. The third kappa shape index (κ3) is 6.25. The van der Waals surface area contributed by atoms with Gasteiger partial charge in [-0.3, -0.25) is 0 Å². The molecule has 0 saturated heterocycles. The maximum absolute atomic E-state index is 14.7. The molecule has 2 fully saturated rings. The van der Waals surface area contributed by atoms with Gasteiger partial charge in [-0.05, 0) is 93.1 Å². The van der Waals surface area contributed by atoms with Crippen LogP contribution in [0.4, 0.5) is 22.0 Å². The van der Waals surface area contributed by atoms with Gasteiger partial charge < -0.3 is 4.74 Å². The van der Waals surface area contributed by atoms with Crippen LogP contribution < -0.4 is 4.74 Å². The lowest BCUT2D eigenvalue weighted by Gasteiger charge is -2.39. The molecule has 35 heavy (non-hydrogen) atoms. The quantitative estimate of drug-likeness (QED) is 0.203. The molecule has 0 aliphatic heterocycles. The number of rotatable bonds is 8. The minimum Gasteiger partial charge on any atom is -0.432 e. The molecular formula is C29H33F5O. The highest BCUT2D eigenvalue weighted by molar-refractivity contribution is 5.27. The topological polar surface area (TPSA) is 9.23 Å². The molecule has 0 N–H and O–H groups in total. The second-order valence-electron chi connectivity index (χ2n) is 10.2. The Balaban J connectivity index is 1.26. The maximum atomic E-state index is 14.7. The van der Waals surface area contributed by atoms with E-state index in [0.29, 0.717) is 55.6 Å². The minimum absolute atomic E-state index is 0.302. The first kappa shape index (κ1) is 25.7. The average molecular weight is 493 g/mol. The van der Waals surface area contributed by atoms with E-state index in [0.717, 1.165) is 38.5 Å². The zero-order chi connectivity index (χ0) is 25.0. The predicted molar refractivity (Wildman–Crippen MR) is 127 cm³/mol. The van der Waals surface area contributed by atoms with Gasteiger partial charge in [-0.25, -0.2) is 13.2 Å². The summed E-state index contributed by atoms with van der Waals surface area (Å²) >= 11 is 0. The van der Waals surface area contributed by atoms with Crippen LogP contribution >= 0.6 is 0 Å². The molecule has 1 nitrogen and oxygen atoms in total. The van der Waals surface area contributed by atoms with E-state index in [1.54, 1.807) is 0 Å². The number of hydrogen-bond acceptors (Lipinski definition) is 1. The largest absolute Gasteiger partial charge is 0.432 e. The third-order valence-corrected chi connectivity index (χ3v) is 7.99. The number of halogens is 5. The van der Waals surface area contributed by atoms with Crippen molar-refractivity contribution in [2.24, 2.45) is 17.8 Å². The summed E-state index contributed by atoms with van der Waals surface area (Å²) in [5.74, 6) is -4.97. The number of benzene rings is 2. The zero-order valence-corrected chi connectivity index (χ0v) is 19.9. The number of ether oxygens (including phenoxy) is 1. The summed E-state index contributed by atoms with van der Waals surface area (Å²) in [4.78, 5) is 0. The van der Waals surface area contributed by atoms with Crippen molar-refractivity contribution >= 4 is 0 Å². The van der Waals surface area contributed by atoms with Gasteiger partial charge >= 0.3 is 6.11 Å². The Morgan fingerprint density at radius 3 is 1.91 bits per heavy atom. The lowest BCUT2D eigenvalue weighted by Crippen LogP contribution is -2.38. The van der Waals surface area contributed by atoms with Crippen LogP contribution in [0.25, 0.3) is 0 Å². The summed E-state index contributed by atoms with van der Waals surface area (Å²) in [6.45, 7) is 3.77. The van der Waals surface area contributed by atoms with Crippen molar-refractivity contribution in [1.29, 1.82) is 0 Å². The monoisotopic (exact) mass is 492 g/mol. The molecule has 2 aromatic rings. The smallest absolute Gasteiger partial charge is 0.400 e. The van der Waals surface area contributed by atoms with Crippen molar-refractivity contribution in [2.75, 3.05) is 0 Å². The molecule has 0 heterocycles. The van der Waals surface area contributed by atoms with Gasteiger partial charge in [-0.2, -0.15) is 8.78 Å². The van der Waals surface area contributed by atoms with E-state index in [1.165, 1.54) is 11.1 Å². The Bertz CT molecular complexity index is 964. The van der Waals surface area contributed by atoms with Crippen molar-refractivity contribution in [1.82, 2.24) is 0 Å². The van der Waals surface area contributed by atoms with Crippen molar-refractivity contribution in [3.63, 3.8) is 0 Å². The van der Waals surface area contributed by atoms with Crippen LogP contribution in [0.15, 0.2) is 49.1 Å². The fourth-order valence-electron chi connectivity index (χ4n) is 5.91. The third-order valence-electron chi connectivity index (χ3n) is 7.99. The fraction of sp³-hybridized carbons (Fsp3) is 0.517. The zero-order valence-electron chi connectivity index (χ0n) is 19.9. The molecule has 0 unspecified atom stereocenters. The standard InChI is InChI=1S/C29H33F5O/c1-2-3-4-19-5-7-20(8-6-19)21-9-11-22(12-10-21)23-13-15-24(16-14-23)29(33,34)35-25-17-26(30)28(32)27(31)18-25/h2,5-8,17-18,21-24H,1,3-4,9-16H2. The Morgan fingerprint density at radius 2 is 1.37 bits per heavy atom. The summed E-state index contributed by atoms with van der Waals surface area (Å²) in [6, 6.07) is 9.84. The highest BCUT2D eigenvalue weighted by Crippen LogP contribution is 2.47. The molecule has 2 aromatic carbocycles. The van der Waals surface area contributed by atoms with E-state index in [4.69, 9.17) is 0 Å². The van der Waals surface area contributed by atoms with E-state index < -0.39 is 35.2 Å². The predicted octanol–water partition coefficient (Wildman–Crippen LogP) is 8.97. The summed E-state index contributed by atoms with van der Waals surface area (Å²) in [7, 11) is 0. The normalized spacial score (nSPS) is 25.3. The van der Waals surface area contributed by atoms with Crippen molar-refractivity contribution < 1.29 is 26.7 Å². The molecule has 2 aliphatic carbocycles. The van der Waals surface area contributed by atoms with Crippen LogP contribution in [-0.4, -0.2) is 6.11 Å². The molecule has 6 heteroatoms. The second kappa shape index (κ2) is 11.1.